The molecule has 1 aliphatic heterocycles. The predicted molar refractivity (Wildman–Crippen MR) is 99.1 cm³/mol. The van der Waals surface area contributed by atoms with E-state index < -0.39 is 0 Å². The lowest BCUT2D eigenvalue weighted by molar-refractivity contribution is 0.0456. The molecule has 3 rings (SSSR count). The van der Waals surface area contributed by atoms with Crippen molar-refractivity contribution in [3.05, 3.63) is 23.8 Å². The molecule has 0 radical (unpaired) electrons. The van der Waals surface area contributed by atoms with Gasteiger partial charge in [0.25, 0.3) is 0 Å². The van der Waals surface area contributed by atoms with Crippen molar-refractivity contribution in [2.24, 2.45) is 0 Å². The second-order valence-electron chi connectivity index (χ2n) is 7.91. The molecule has 2 heterocycles. The van der Waals surface area contributed by atoms with E-state index in [4.69, 9.17) is 9.97 Å². The molecule has 1 aromatic rings. The summed E-state index contributed by atoms with van der Waals surface area (Å²) in [5.41, 5.74) is 1.27. The highest BCUT2D eigenvalue weighted by atomic mass is 15.3. The van der Waals surface area contributed by atoms with E-state index >= 15 is 0 Å². The van der Waals surface area contributed by atoms with Crippen LogP contribution in [0.3, 0.4) is 0 Å². The van der Waals surface area contributed by atoms with Gasteiger partial charge in [0.1, 0.15) is 5.82 Å². The maximum absolute atomic E-state index is 4.70. The standard InChI is InChI=1S/C20H34N4/c1-4-19-15-23(10-11-24(19)16(2)3)14-17-12-21-20(22-13-17)18-8-6-5-7-9-18/h12-13,16,18-19H,4-11,14-15H2,1-3H3/t19-/m0/s1. The minimum Gasteiger partial charge on any atom is -0.296 e. The maximum Gasteiger partial charge on any atom is 0.131 e. The van der Waals surface area contributed by atoms with Crippen molar-refractivity contribution in [1.29, 1.82) is 0 Å². The molecular weight excluding hydrogens is 296 g/mol. The molecule has 0 amide bonds. The van der Waals surface area contributed by atoms with E-state index in [-0.39, 0.29) is 0 Å². The lowest BCUT2D eigenvalue weighted by Crippen LogP contribution is -2.54. The van der Waals surface area contributed by atoms with Crippen molar-refractivity contribution < 1.29 is 0 Å². The Labute approximate surface area is 147 Å². The zero-order valence-electron chi connectivity index (χ0n) is 15.7. The van der Waals surface area contributed by atoms with Gasteiger partial charge in [-0.25, -0.2) is 9.97 Å². The Bertz CT molecular complexity index is 493. The second kappa shape index (κ2) is 8.39. The van der Waals surface area contributed by atoms with Gasteiger partial charge in [0.2, 0.25) is 0 Å². The lowest BCUT2D eigenvalue weighted by Gasteiger charge is -2.43. The van der Waals surface area contributed by atoms with Gasteiger partial charge in [-0.15, -0.1) is 0 Å². The van der Waals surface area contributed by atoms with Crippen molar-refractivity contribution in [3.63, 3.8) is 0 Å². The molecule has 1 saturated heterocycles. The van der Waals surface area contributed by atoms with Gasteiger partial charge < -0.3 is 0 Å². The van der Waals surface area contributed by atoms with Gasteiger partial charge in [-0.2, -0.15) is 0 Å². The zero-order valence-corrected chi connectivity index (χ0v) is 15.7. The van der Waals surface area contributed by atoms with Crippen LogP contribution in [0.4, 0.5) is 0 Å². The summed E-state index contributed by atoms with van der Waals surface area (Å²) in [6.45, 7) is 11.4. The molecular formula is C20H34N4. The van der Waals surface area contributed by atoms with Gasteiger partial charge in [0.05, 0.1) is 0 Å². The predicted octanol–water partition coefficient (Wildman–Crippen LogP) is 3.83. The summed E-state index contributed by atoms with van der Waals surface area (Å²) >= 11 is 0. The molecule has 1 atom stereocenters. The number of aromatic nitrogens is 2. The van der Waals surface area contributed by atoms with Gasteiger partial charge in [0, 0.05) is 62.1 Å². The van der Waals surface area contributed by atoms with Gasteiger partial charge >= 0.3 is 0 Å². The first-order valence-corrected chi connectivity index (χ1v) is 9.96. The third kappa shape index (κ3) is 4.34. The van der Waals surface area contributed by atoms with Gasteiger partial charge in [-0.3, -0.25) is 9.80 Å². The van der Waals surface area contributed by atoms with Crippen molar-refractivity contribution in [3.8, 4) is 0 Å². The molecule has 1 saturated carbocycles. The molecule has 134 valence electrons. The van der Waals surface area contributed by atoms with Crippen LogP contribution in [0.1, 0.15) is 76.6 Å². The lowest BCUT2D eigenvalue weighted by atomic mass is 9.89. The van der Waals surface area contributed by atoms with E-state index in [1.807, 2.05) is 0 Å². The molecule has 1 aromatic heterocycles. The summed E-state index contributed by atoms with van der Waals surface area (Å²) in [7, 11) is 0. The summed E-state index contributed by atoms with van der Waals surface area (Å²) in [5.74, 6) is 1.68. The molecule has 2 fully saturated rings. The average molecular weight is 331 g/mol. The SMILES string of the molecule is CC[C@H]1CN(Cc2cnc(C3CCCCC3)nc2)CCN1C(C)C. The van der Waals surface area contributed by atoms with Gasteiger partial charge in [-0.05, 0) is 33.1 Å². The first-order valence-electron chi connectivity index (χ1n) is 9.96. The summed E-state index contributed by atoms with van der Waals surface area (Å²) < 4.78 is 0. The molecule has 24 heavy (non-hydrogen) atoms. The highest BCUT2D eigenvalue weighted by Gasteiger charge is 2.27. The fourth-order valence-electron chi connectivity index (χ4n) is 4.40. The highest BCUT2D eigenvalue weighted by molar-refractivity contribution is 5.08. The second-order valence-corrected chi connectivity index (χ2v) is 7.91. The minimum atomic E-state index is 0.604. The number of piperazine rings is 1. The monoisotopic (exact) mass is 330 g/mol. The van der Waals surface area contributed by atoms with Crippen molar-refractivity contribution in [2.75, 3.05) is 19.6 Å². The number of rotatable bonds is 5. The van der Waals surface area contributed by atoms with Crippen molar-refractivity contribution in [2.45, 2.75) is 83.8 Å². The smallest absolute Gasteiger partial charge is 0.131 e. The molecule has 4 nitrogen and oxygen atoms in total. The number of hydrogen-bond acceptors (Lipinski definition) is 4. The first-order chi connectivity index (χ1) is 11.7. The van der Waals surface area contributed by atoms with Crippen LogP contribution < -0.4 is 0 Å². The Morgan fingerprint density at radius 2 is 1.79 bits per heavy atom. The molecule has 2 aliphatic rings. The molecule has 4 heteroatoms. The van der Waals surface area contributed by atoms with Crippen LogP contribution in [0.2, 0.25) is 0 Å². The van der Waals surface area contributed by atoms with E-state index in [0.29, 0.717) is 18.0 Å². The summed E-state index contributed by atoms with van der Waals surface area (Å²) in [6.07, 6.45) is 12.0. The van der Waals surface area contributed by atoms with Crippen LogP contribution in [0.15, 0.2) is 12.4 Å². The third-order valence-corrected chi connectivity index (χ3v) is 5.85. The third-order valence-electron chi connectivity index (χ3n) is 5.85. The number of hydrogen-bond donors (Lipinski definition) is 0. The Hall–Kier alpha value is -1.00. The molecule has 0 N–H and O–H groups in total. The first kappa shape index (κ1) is 17.8. The zero-order chi connectivity index (χ0) is 16.9. The molecule has 0 aromatic carbocycles. The summed E-state index contributed by atoms with van der Waals surface area (Å²) in [6, 6.07) is 1.33. The van der Waals surface area contributed by atoms with E-state index in [2.05, 4.69) is 43.0 Å². The van der Waals surface area contributed by atoms with Crippen LogP contribution in [0, 0.1) is 0 Å². The Balaban J connectivity index is 1.56. The fourth-order valence-corrected chi connectivity index (χ4v) is 4.40. The molecule has 0 unspecified atom stereocenters. The van der Waals surface area contributed by atoms with Gasteiger partial charge in [0.15, 0.2) is 0 Å². The Kier molecular flexibility index (Phi) is 6.23. The van der Waals surface area contributed by atoms with Crippen LogP contribution in [-0.4, -0.2) is 51.5 Å². The quantitative estimate of drug-likeness (QED) is 0.821. The van der Waals surface area contributed by atoms with E-state index in [1.165, 1.54) is 57.2 Å². The summed E-state index contributed by atoms with van der Waals surface area (Å²) in [4.78, 5) is 14.6. The number of nitrogens with zero attached hydrogens (tertiary/aromatic N) is 4. The molecule has 0 bridgehead atoms. The Morgan fingerprint density at radius 3 is 2.42 bits per heavy atom. The molecule has 1 aliphatic carbocycles. The normalized spacial score (nSPS) is 24.6. The van der Waals surface area contributed by atoms with Crippen molar-refractivity contribution >= 4 is 0 Å². The van der Waals surface area contributed by atoms with Crippen LogP contribution in [0.25, 0.3) is 0 Å². The fraction of sp³-hybridized carbons (Fsp3) is 0.800. The summed E-state index contributed by atoms with van der Waals surface area (Å²) in [5, 5.41) is 0. The van der Waals surface area contributed by atoms with E-state index in [0.717, 1.165) is 18.9 Å². The van der Waals surface area contributed by atoms with Gasteiger partial charge in [-0.1, -0.05) is 26.2 Å². The topological polar surface area (TPSA) is 32.3 Å². The molecule has 0 spiro atoms. The largest absolute Gasteiger partial charge is 0.296 e. The van der Waals surface area contributed by atoms with Crippen LogP contribution in [0.5, 0.6) is 0 Å². The minimum absolute atomic E-state index is 0.604. The van der Waals surface area contributed by atoms with Crippen molar-refractivity contribution in [1.82, 2.24) is 19.8 Å². The van der Waals surface area contributed by atoms with Crippen LogP contribution in [-0.2, 0) is 6.54 Å². The maximum atomic E-state index is 4.70. The average Bonchev–Trinajstić information content (AvgIpc) is 2.63. The Morgan fingerprint density at radius 1 is 1.08 bits per heavy atom. The van der Waals surface area contributed by atoms with E-state index in [1.54, 1.807) is 0 Å². The van der Waals surface area contributed by atoms with Crippen LogP contribution >= 0.6 is 0 Å². The highest BCUT2D eigenvalue weighted by Crippen LogP contribution is 2.30. The van der Waals surface area contributed by atoms with E-state index in [9.17, 15) is 0 Å².